The van der Waals surface area contributed by atoms with E-state index in [-0.39, 0.29) is 11.9 Å². The van der Waals surface area contributed by atoms with Crippen LogP contribution in [0, 0.1) is 5.92 Å². The summed E-state index contributed by atoms with van der Waals surface area (Å²) >= 11 is 0. The largest absolute Gasteiger partial charge is 0.491 e. The summed E-state index contributed by atoms with van der Waals surface area (Å²) in [6, 6.07) is 5.99. The molecule has 1 aliphatic heterocycles. The van der Waals surface area contributed by atoms with E-state index < -0.39 is 0 Å². The fraction of sp³-hybridized carbons (Fsp3) is 0.533. The van der Waals surface area contributed by atoms with Crippen LogP contribution in [0.25, 0.3) is 0 Å². The number of carbonyl (C=O) groups is 1. The van der Waals surface area contributed by atoms with Crippen LogP contribution < -0.4 is 15.8 Å². The van der Waals surface area contributed by atoms with Gasteiger partial charge >= 0.3 is 0 Å². The predicted molar refractivity (Wildman–Crippen MR) is 74.1 cm³/mol. The van der Waals surface area contributed by atoms with Crippen LogP contribution >= 0.6 is 0 Å². The molecule has 3 N–H and O–H groups in total. The van der Waals surface area contributed by atoms with Gasteiger partial charge in [0.2, 0.25) is 5.91 Å². The molecular formula is C15H20N2O2. The Morgan fingerprint density at radius 1 is 1.32 bits per heavy atom. The molecule has 1 fully saturated rings. The van der Waals surface area contributed by atoms with Crippen molar-refractivity contribution in [2.24, 2.45) is 11.7 Å². The minimum absolute atomic E-state index is 0.00494. The molecule has 0 spiro atoms. The zero-order valence-electron chi connectivity index (χ0n) is 11.0. The summed E-state index contributed by atoms with van der Waals surface area (Å²) in [7, 11) is 0. The van der Waals surface area contributed by atoms with Crippen molar-refractivity contribution in [2.75, 3.05) is 11.9 Å². The third-order valence-corrected chi connectivity index (χ3v) is 4.16. The van der Waals surface area contributed by atoms with Gasteiger partial charge in [0.15, 0.2) is 0 Å². The van der Waals surface area contributed by atoms with E-state index in [0.717, 1.165) is 17.0 Å². The van der Waals surface area contributed by atoms with Crippen molar-refractivity contribution in [3.63, 3.8) is 0 Å². The van der Waals surface area contributed by atoms with Crippen LogP contribution in [0.4, 0.5) is 5.69 Å². The van der Waals surface area contributed by atoms with Gasteiger partial charge in [0, 0.05) is 6.04 Å². The van der Waals surface area contributed by atoms with Crippen molar-refractivity contribution in [1.82, 2.24) is 0 Å². The first-order valence-corrected chi connectivity index (χ1v) is 7.06. The summed E-state index contributed by atoms with van der Waals surface area (Å²) in [6.07, 6.45) is 5.38. The van der Waals surface area contributed by atoms with Crippen molar-refractivity contribution in [3.8, 4) is 5.75 Å². The number of amides is 1. The van der Waals surface area contributed by atoms with E-state index in [1.54, 1.807) is 0 Å². The van der Waals surface area contributed by atoms with Crippen molar-refractivity contribution >= 4 is 11.6 Å². The summed E-state index contributed by atoms with van der Waals surface area (Å²) in [6.45, 7) is 0.437. The molecule has 1 heterocycles. The lowest BCUT2D eigenvalue weighted by Crippen LogP contribution is -2.19. The number of carbonyl (C=O) groups excluding carboxylic acids is 1. The first kappa shape index (κ1) is 12.5. The standard InChI is InChI=1S/C15H20N2O2/c16-15(10-3-1-2-4-10)11-5-6-13-12(9-11)17-14(18)7-8-19-13/h5-6,9-10,15H,1-4,7-8,16H2,(H,17,18). The Kier molecular flexibility index (Phi) is 3.42. The SMILES string of the molecule is NC(c1ccc2c(c1)NC(=O)CCO2)C1CCCC1. The van der Waals surface area contributed by atoms with Gasteiger partial charge in [-0.3, -0.25) is 4.79 Å². The molecule has 2 aliphatic rings. The Hall–Kier alpha value is -1.55. The van der Waals surface area contributed by atoms with Crippen LogP contribution in [-0.4, -0.2) is 12.5 Å². The molecule has 0 radical (unpaired) electrons. The monoisotopic (exact) mass is 260 g/mol. The van der Waals surface area contributed by atoms with Gasteiger partial charge in [-0.05, 0) is 36.5 Å². The topological polar surface area (TPSA) is 64.3 Å². The van der Waals surface area contributed by atoms with Crippen LogP contribution in [0.3, 0.4) is 0 Å². The van der Waals surface area contributed by atoms with Crippen LogP contribution in [0.5, 0.6) is 5.75 Å². The molecule has 4 nitrogen and oxygen atoms in total. The van der Waals surface area contributed by atoms with Gasteiger partial charge in [0.1, 0.15) is 5.75 Å². The summed E-state index contributed by atoms with van der Waals surface area (Å²) in [5.74, 6) is 1.32. The van der Waals surface area contributed by atoms with E-state index >= 15 is 0 Å². The lowest BCUT2D eigenvalue weighted by atomic mass is 9.92. The number of fused-ring (bicyclic) bond motifs is 1. The number of nitrogens with one attached hydrogen (secondary N) is 1. The van der Waals surface area contributed by atoms with Gasteiger partial charge < -0.3 is 15.8 Å². The molecule has 1 aromatic rings. The summed E-state index contributed by atoms with van der Waals surface area (Å²) in [4.78, 5) is 11.6. The van der Waals surface area contributed by atoms with Gasteiger partial charge in [0.05, 0.1) is 18.7 Å². The molecule has 4 heteroatoms. The highest BCUT2D eigenvalue weighted by Crippen LogP contribution is 2.37. The van der Waals surface area contributed by atoms with Crippen molar-refractivity contribution in [3.05, 3.63) is 23.8 Å². The van der Waals surface area contributed by atoms with Crippen molar-refractivity contribution in [2.45, 2.75) is 38.1 Å². The van der Waals surface area contributed by atoms with E-state index in [1.807, 2.05) is 18.2 Å². The Morgan fingerprint density at radius 2 is 2.11 bits per heavy atom. The first-order valence-electron chi connectivity index (χ1n) is 7.06. The Labute approximate surface area is 113 Å². The zero-order chi connectivity index (χ0) is 13.2. The maximum atomic E-state index is 11.6. The molecule has 1 aromatic carbocycles. The van der Waals surface area contributed by atoms with E-state index in [2.05, 4.69) is 5.32 Å². The average molecular weight is 260 g/mol. The number of hydrogen-bond donors (Lipinski definition) is 2. The fourth-order valence-corrected chi connectivity index (χ4v) is 3.03. The number of nitrogens with two attached hydrogens (primary N) is 1. The first-order chi connectivity index (χ1) is 9.24. The molecule has 3 rings (SSSR count). The molecule has 0 bridgehead atoms. The number of benzene rings is 1. The second-order valence-electron chi connectivity index (χ2n) is 5.47. The minimum Gasteiger partial charge on any atom is -0.491 e. The highest BCUT2D eigenvalue weighted by molar-refractivity contribution is 5.93. The zero-order valence-corrected chi connectivity index (χ0v) is 11.0. The quantitative estimate of drug-likeness (QED) is 0.859. The van der Waals surface area contributed by atoms with E-state index in [9.17, 15) is 4.79 Å². The van der Waals surface area contributed by atoms with Gasteiger partial charge in [-0.1, -0.05) is 18.9 Å². The molecule has 1 unspecified atom stereocenters. The van der Waals surface area contributed by atoms with Crippen molar-refractivity contribution in [1.29, 1.82) is 0 Å². The lowest BCUT2D eigenvalue weighted by Gasteiger charge is -2.20. The van der Waals surface area contributed by atoms with Gasteiger partial charge in [-0.15, -0.1) is 0 Å². The average Bonchev–Trinajstić information content (AvgIpc) is 2.87. The summed E-state index contributed by atoms with van der Waals surface area (Å²) in [5, 5.41) is 2.89. The normalized spacial score (nSPS) is 21.2. The number of rotatable bonds is 2. The molecule has 1 atom stereocenters. The second kappa shape index (κ2) is 5.21. The van der Waals surface area contributed by atoms with Gasteiger partial charge in [0.25, 0.3) is 0 Å². The Bertz CT molecular complexity index is 481. The fourth-order valence-electron chi connectivity index (χ4n) is 3.03. The number of ether oxygens (including phenoxy) is 1. The minimum atomic E-state index is 0.00494. The third-order valence-electron chi connectivity index (χ3n) is 4.16. The molecule has 0 saturated heterocycles. The lowest BCUT2D eigenvalue weighted by molar-refractivity contribution is -0.116. The van der Waals surface area contributed by atoms with Crippen LogP contribution in [0.15, 0.2) is 18.2 Å². The highest BCUT2D eigenvalue weighted by atomic mass is 16.5. The van der Waals surface area contributed by atoms with E-state index in [4.69, 9.17) is 10.5 Å². The summed E-state index contributed by atoms with van der Waals surface area (Å²) in [5.41, 5.74) is 8.21. The molecule has 102 valence electrons. The van der Waals surface area contributed by atoms with Gasteiger partial charge in [-0.2, -0.15) is 0 Å². The number of anilines is 1. The summed E-state index contributed by atoms with van der Waals surface area (Å²) < 4.78 is 5.55. The Morgan fingerprint density at radius 3 is 2.89 bits per heavy atom. The molecule has 19 heavy (non-hydrogen) atoms. The third kappa shape index (κ3) is 2.59. The Balaban J connectivity index is 1.85. The smallest absolute Gasteiger partial charge is 0.227 e. The van der Waals surface area contributed by atoms with Gasteiger partial charge in [-0.25, -0.2) is 0 Å². The van der Waals surface area contributed by atoms with Crippen molar-refractivity contribution < 1.29 is 9.53 Å². The maximum absolute atomic E-state index is 11.6. The maximum Gasteiger partial charge on any atom is 0.227 e. The van der Waals surface area contributed by atoms with Crippen LogP contribution in [0.2, 0.25) is 0 Å². The molecule has 1 saturated carbocycles. The molecule has 0 aromatic heterocycles. The second-order valence-corrected chi connectivity index (χ2v) is 5.47. The molecular weight excluding hydrogens is 240 g/mol. The van der Waals surface area contributed by atoms with Crippen LogP contribution in [-0.2, 0) is 4.79 Å². The predicted octanol–water partition coefficient (Wildman–Crippen LogP) is 2.60. The number of hydrogen-bond acceptors (Lipinski definition) is 3. The van der Waals surface area contributed by atoms with E-state index in [1.165, 1.54) is 25.7 Å². The van der Waals surface area contributed by atoms with Crippen LogP contribution in [0.1, 0.15) is 43.7 Å². The highest BCUT2D eigenvalue weighted by Gasteiger charge is 2.24. The molecule has 1 aliphatic carbocycles. The molecule has 1 amide bonds. The van der Waals surface area contributed by atoms with E-state index in [0.29, 0.717) is 18.9 Å².